The van der Waals surface area contributed by atoms with E-state index in [0.29, 0.717) is 0 Å². The average Bonchev–Trinajstić information content (AvgIpc) is 2.67. The van der Waals surface area contributed by atoms with Crippen LogP contribution in [-0.2, 0) is 10.0 Å². The molecule has 10 heteroatoms. The molecule has 0 atom stereocenters. The number of carbonyl (C=O) groups excluding carboxylic acids is 1. The fourth-order valence-electron chi connectivity index (χ4n) is 2.85. The van der Waals surface area contributed by atoms with Gasteiger partial charge in [-0.25, -0.2) is 8.42 Å². The van der Waals surface area contributed by atoms with E-state index < -0.39 is 15.5 Å². The van der Waals surface area contributed by atoms with Crippen molar-refractivity contribution in [2.45, 2.75) is 15.3 Å². The molecule has 0 aliphatic carbocycles. The predicted molar refractivity (Wildman–Crippen MR) is 99.5 cm³/mol. The normalized spacial score (nSPS) is 16.2. The number of rotatable bonds is 4. The summed E-state index contributed by atoms with van der Waals surface area (Å²) in [5.74, 6) is -0.333. The van der Waals surface area contributed by atoms with Crippen molar-refractivity contribution in [3.05, 3.63) is 60.2 Å². The number of carbonyl (C=O) groups is 1. The summed E-state index contributed by atoms with van der Waals surface area (Å²) in [5, 5.41) is 0. The fraction of sp³-hybridized carbons (Fsp3) is 0.278. The molecule has 5 nitrogen and oxygen atoms in total. The highest BCUT2D eigenvalue weighted by atomic mass is 32.2. The molecule has 0 spiro atoms. The minimum absolute atomic E-state index is 0.00261. The lowest BCUT2D eigenvalue weighted by molar-refractivity contribution is -0.0328. The van der Waals surface area contributed by atoms with Gasteiger partial charge < -0.3 is 4.90 Å². The molecule has 2 aromatic carbocycles. The number of alkyl halides is 3. The summed E-state index contributed by atoms with van der Waals surface area (Å²) in [5.41, 5.74) is -4.11. The minimum Gasteiger partial charge on any atom is -0.336 e. The molecule has 1 aliphatic rings. The standard InChI is InChI=1S/C18H17F3N2O3S2/c19-18(20,21)27-15-8-6-14(7-9-15)17(24)22-10-12-23(13-11-22)28(25,26)16-4-2-1-3-5-16/h1-9H,10-13H2. The molecule has 150 valence electrons. The summed E-state index contributed by atoms with van der Waals surface area (Å²) in [6.45, 7) is 0.740. The molecule has 2 aromatic rings. The van der Waals surface area contributed by atoms with E-state index in [0.717, 1.165) is 0 Å². The number of thioether (sulfide) groups is 1. The van der Waals surface area contributed by atoms with Gasteiger partial charge in [0.2, 0.25) is 10.0 Å². The van der Waals surface area contributed by atoms with E-state index in [1.165, 1.54) is 45.6 Å². The van der Waals surface area contributed by atoms with Crippen molar-refractivity contribution in [3.8, 4) is 0 Å². The van der Waals surface area contributed by atoms with Gasteiger partial charge in [-0.3, -0.25) is 4.79 Å². The molecule has 1 heterocycles. The zero-order chi connectivity index (χ0) is 20.4. The zero-order valence-electron chi connectivity index (χ0n) is 14.6. The summed E-state index contributed by atoms with van der Waals surface area (Å²) in [6, 6.07) is 13.3. The third-order valence-corrected chi connectivity index (χ3v) is 6.89. The lowest BCUT2D eigenvalue weighted by atomic mass is 10.2. The van der Waals surface area contributed by atoms with Gasteiger partial charge in [-0.05, 0) is 48.2 Å². The van der Waals surface area contributed by atoms with Gasteiger partial charge in [0, 0.05) is 36.6 Å². The first-order valence-electron chi connectivity index (χ1n) is 8.37. The van der Waals surface area contributed by atoms with Crippen molar-refractivity contribution in [1.29, 1.82) is 0 Å². The number of piperazine rings is 1. The van der Waals surface area contributed by atoms with Gasteiger partial charge in [-0.1, -0.05) is 18.2 Å². The molecule has 0 saturated carbocycles. The van der Waals surface area contributed by atoms with Crippen LogP contribution in [0.4, 0.5) is 13.2 Å². The highest BCUT2D eigenvalue weighted by Gasteiger charge is 2.31. The number of benzene rings is 2. The maximum Gasteiger partial charge on any atom is 0.446 e. The molecule has 1 fully saturated rings. The summed E-state index contributed by atoms with van der Waals surface area (Å²) < 4.78 is 63.7. The molecular weight excluding hydrogens is 413 g/mol. The van der Waals surface area contributed by atoms with Crippen LogP contribution in [0.3, 0.4) is 0 Å². The average molecular weight is 430 g/mol. The minimum atomic E-state index is -4.38. The first-order valence-corrected chi connectivity index (χ1v) is 10.6. The lowest BCUT2D eigenvalue weighted by Crippen LogP contribution is -2.50. The van der Waals surface area contributed by atoms with Gasteiger partial charge in [-0.2, -0.15) is 17.5 Å². The Balaban J connectivity index is 1.62. The summed E-state index contributed by atoms with van der Waals surface area (Å²) >= 11 is -0.241. The molecule has 0 bridgehead atoms. The second-order valence-corrected chi connectivity index (χ2v) is 9.16. The number of hydrogen-bond donors (Lipinski definition) is 0. The van der Waals surface area contributed by atoms with Crippen LogP contribution in [0, 0.1) is 0 Å². The second-order valence-electron chi connectivity index (χ2n) is 6.08. The van der Waals surface area contributed by atoms with Crippen LogP contribution in [0.5, 0.6) is 0 Å². The lowest BCUT2D eigenvalue weighted by Gasteiger charge is -2.34. The van der Waals surface area contributed by atoms with Crippen molar-refractivity contribution in [3.63, 3.8) is 0 Å². The molecular formula is C18H17F3N2O3S2. The molecule has 3 rings (SSSR count). The van der Waals surface area contributed by atoms with Crippen LogP contribution in [0.2, 0.25) is 0 Å². The fourth-order valence-corrected chi connectivity index (χ4v) is 4.84. The predicted octanol–water partition coefficient (Wildman–Crippen LogP) is 3.45. The highest BCUT2D eigenvalue weighted by Crippen LogP contribution is 2.36. The number of sulfonamides is 1. The number of halogens is 3. The Morgan fingerprint density at radius 2 is 1.46 bits per heavy atom. The van der Waals surface area contributed by atoms with Gasteiger partial charge in [-0.15, -0.1) is 0 Å². The van der Waals surface area contributed by atoms with Crippen molar-refractivity contribution in [2.75, 3.05) is 26.2 Å². The Hall–Kier alpha value is -2.04. The van der Waals surface area contributed by atoms with Crippen molar-refractivity contribution >= 4 is 27.7 Å². The first kappa shape index (κ1) is 20.7. The molecule has 0 aromatic heterocycles. The van der Waals surface area contributed by atoms with Gasteiger partial charge in [0.05, 0.1) is 4.90 Å². The van der Waals surface area contributed by atoms with Gasteiger partial charge in [0.1, 0.15) is 0 Å². The summed E-state index contributed by atoms with van der Waals surface area (Å²) in [4.78, 5) is 14.3. The zero-order valence-corrected chi connectivity index (χ0v) is 16.2. The SMILES string of the molecule is O=C(c1ccc(SC(F)(F)F)cc1)N1CCN(S(=O)(=O)c2ccccc2)CC1. The number of hydrogen-bond acceptors (Lipinski definition) is 4. The first-order chi connectivity index (χ1) is 13.2. The van der Waals surface area contributed by atoms with Crippen LogP contribution in [0.1, 0.15) is 10.4 Å². The van der Waals surface area contributed by atoms with Crippen LogP contribution < -0.4 is 0 Å². The van der Waals surface area contributed by atoms with E-state index in [1.807, 2.05) is 0 Å². The number of nitrogens with zero attached hydrogens (tertiary/aromatic N) is 2. The number of amides is 1. The maximum absolute atomic E-state index is 12.6. The summed E-state index contributed by atoms with van der Waals surface area (Å²) in [6.07, 6.45) is 0. The van der Waals surface area contributed by atoms with Gasteiger partial charge in [0.15, 0.2) is 0 Å². The van der Waals surface area contributed by atoms with Crippen molar-refractivity contribution in [1.82, 2.24) is 9.21 Å². The van der Waals surface area contributed by atoms with E-state index in [2.05, 4.69) is 0 Å². The van der Waals surface area contributed by atoms with E-state index in [4.69, 9.17) is 0 Å². The Morgan fingerprint density at radius 1 is 0.893 bits per heavy atom. The molecule has 0 radical (unpaired) electrons. The van der Waals surface area contributed by atoms with Crippen LogP contribution in [0.25, 0.3) is 0 Å². The van der Waals surface area contributed by atoms with Gasteiger partial charge >= 0.3 is 5.51 Å². The molecule has 0 N–H and O–H groups in total. The molecule has 1 saturated heterocycles. The van der Waals surface area contributed by atoms with E-state index in [9.17, 15) is 26.4 Å². The third kappa shape index (κ3) is 4.86. The highest BCUT2D eigenvalue weighted by molar-refractivity contribution is 8.00. The monoisotopic (exact) mass is 430 g/mol. The van der Waals surface area contributed by atoms with E-state index >= 15 is 0 Å². The molecule has 1 aliphatic heterocycles. The molecule has 28 heavy (non-hydrogen) atoms. The van der Waals surface area contributed by atoms with Crippen molar-refractivity contribution < 1.29 is 26.4 Å². The van der Waals surface area contributed by atoms with E-state index in [-0.39, 0.29) is 59.2 Å². The Labute approximate surface area is 165 Å². The molecule has 0 unspecified atom stereocenters. The molecule has 1 amide bonds. The quantitative estimate of drug-likeness (QED) is 0.698. The Kier molecular flexibility index (Phi) is 6.01. The topological polar surface area (TPSA) is 57.7 Å². The Bertz CT molecular complexity index is 925. The maximum atomic E-state index is 12.6. The smallest absolute Gasteiger partial charge is 0.336 e. The Morgan fingerprint density at radius 3 is 2.00 bits per heavy atom. The second kappa shape index (κ2) is 8.14. The van der Waals surface area contributed by atoms with Crippen LogP contribution in [0.15, 0.2) is 64.4 Å². The van der Waals surface area contributed by atoms with E-state index in [1.54, 1.807) is 18.2 Å². The van der Waals surface area contributed by atoms with Crippen LogP contribution >= 0.6 is 11.8 Å². The largest absolute Gasteiger partial charge is 0.446 e. The van der Waals surface area contributed by atoms with Crippen LogP contribution in [-0.4, -0.2) is 55.2 Å². The summed E-state index contributed by atoms with van der Waals surface area (Å²) in [7, 11) is -3.61. The van der Waals surface area contributed by atoms with Crippen molar-refractivity contribution in [2.24, 2.45) is 0 Å². The van der Waals surface area contributed by atoms with Gasteiger partial charge in [0.25, 0.3) is 5.91 Å². The third-order valence-electron chi connectivity index (χ3n) is 4.24.